The van der Waals surface area contributed by atoms with E-state index in [-0.39, 0.29) is 28.4 Å². The van der Waals surface area contributed by atoms with Crippen LogP contribution in [0, 0.1) is 0 Å². The van der Waals surface area contributed by atoms with Gasteiger partial charge < -0.3 is 14.4 Å². The Morgan fingerprint density at radius 2 is 0.916 bits per heavy atom. The van der Waals surface area contributed by atoms with Gasteiger partial charge >= 0.3 is 0 Å². The first-order valence-electron chi connectivity index (χ1n) is 30.0. The fourth-order valence-electron chi connectivity index (χ4n) is 13.5. The number of nitrogens with zero attached hydrogens (tertiary/aromatic N) is 3. The van der Waals surface area contributed by atoms with Crippen molar-refractivity contribution in [1.29, 1.82) is 0 Å². The second-order valence-corrected chi connectivity index (χ2v) is 28.3. The quantitative estimate of drug-likeness (QED) is 0.147. The van der Waals surface area contributed by atoms with Crippen LogP contribution < -0.4 is 26.2 Å². The number of fused-ring (bicyclic) bond motifs is 7. The van der Waals surface area contributed by atoms with Gasteiger partial charge in [-0.2, -0.15) is 0 Å². The second-order valence-electron chi connectivity index (χ2n) is 28.3. The van der Waals surface area contributed by atoms with Gasteiger partial charge in [0.05, 0.1) is 22.4 Å². The lowest BCUT2D eigenvalue weighted by Gasteiger charge is -2.47. The van der Waals surface area contributed by atoms with Gasteiger partial charge in [0.25, 0.3) is 0 Å². The van der Waals surface area contributed by atoms with E-state index in [9.17, 15) is 0 Å². The smallest absolute Gasteiger partial charge is 0.247 e. The van der Waals surface area contributed by atoms with E-state index in [2.05, 4.69) is 330 Å². The van der Waals surface area contributed by atoms with Crippen molar-refractivity contribution >= 4 is 79.0 Å². The Hall–Kier alpha value is -8.34. The Morgan fingerprint density at radius 3 is 1.55 bits per heavy atom. The maximum atomic E-state index is 2.65. The van der Waals surface area contributed by atoms with E-state index in [1.54, 1.807) is 0 Å². The Morgan fingerprint density at radius 1 is 0.373 bits per heavy atom. The molecule has 0 atom stereocenters. The van der Waals surface area contributed by atoms with E-state index < -0.39 is 5.41 Å². The number of hydrogen-bond donors (Lipinski definition) is 0. The highest BCUT2D eigenvalue weighted by Gasteiger charge is 2.48. The molecule has 2 aliphatic rings. The van der Waals surface area contributed by atoms with Crippen LogP contribution in [0.25, 0.3) is 49.7 Å². The van der Waals surface area contributed by atoms with Gasteiger partial charge in [-0.15, -0.1) is 0 Å². The fourth-order valence-corrected chi connectivity index (χ4v) is 13.5. The highest BCUT2D eigenvalue weighted by Crippen LogP contribution is 2.51. The first kappa shape index (κ1) is 53.9. The number of anilines is 6. The molecule has 0 bridgehead atoms. The zero-order chi connectivity index (χ0) is 58.1. The molecule has 13 rings (SSSR count). The summed E-state index contributed by atoms with van der Waals surface area (Å²) in [6.45, 7) is 32.9. The van der Waals surface area contributed by atoms with Gasteiger partial charge in [-0.05, 0) is 156 Å². The molecule has 0 N–H and O–H groups in total. The molecule has 1 aromatic heterocycles. The highest BCUT2D eigenvalue weighted by molar-refractivity contribution is 6.99. The zero-order valence-corrected chi connectivity index (χ0v) is 51.2. The van der Waals surface area contributed by atoms with E-state index in [0.29, 0.717) is 0 Å². The number of aromatic nitrogens is 1. The number of rotatable bonds is 7. The topological polar surface area (TPSA) is 11.4 Å². The van der Waals surface area contributed by atoms with Gasteiger partial charge in [0, 0.05) is 55.8 Å². The minimum atomic E-state index is -0.412. The molecule has 0 fully saturated rings. The second kappa shape index (κ2) is 19.4. The number of hydrogen-bond acceptors (Lipinski definition) is 2. The Bertz CT molecular complexity index is 4310. The van der Waals surface area contributed by atoms with Crippen LogP contribution in [0.2, 0.25) is 0 Å². The Labute approximate surface area is 494 Å². The first-order chi connectivity index (χ1) is 39.5. The molecule has 4 heteroatoms. The van der Waals surface area contributed by atoms with Gasteiger partial charge in [0.15, 0.2) is 0 Å². The van der Waals surface area contributed by atoms with E-state index >= 15 is 0 Å². The van der Waals surface area contributed by atoms with E-state index in [1.807, 2.05) is 0 Å². The van der Waals surface area contributed by atoms with Crippen LogP contribution in [0.4, 0.5) is 34.1 Å². The Kier molecular flexibility index (Phi) is 12.6. The van der Waals surface area contributed by atoms with Crippen molar-refractivity contribution in [1.82, 2.24) is 4.57 Å². The predicted molar refractivity (Wildman–Crippen MR) is 359 cm³/mol. The lowest BCUT2D eigenvalue weighted by molar-refractivity contribution is 0.583. The van der Waals surface area contributed by atoms with Crippen molar-refractivity contribution in [3.8, 4) is 27.9 Å². The average Bonchev–Trinajstić information content (AvgIpc) is 4.03. The van der Waals surface area contributed by atoms with Crippen molar-refractivity contribution in [2.45, 2.75) is 124 Å². The minimum absolute atomic E-state index is 0.00726. The molecule has 83 heavy (non-hydrogen) atoms. The number of para-hydroxylation sites is 2. The molecule has 0 aliphatic carbocycles. The monoisotopic (exact) mass is 1080 g/mol. The normalized spacial score (nSPS) is 14.0. The van der Waals surface area contributed by atoms with Gasteiger partial charge in [-0.1, -0.05) is 242 Å². The molecule has 2 aliphatic heterocycles. The molecule has 0 saturated carbocycles. The lowest BCUT2D eigenvalue weighted by Crippen LogP contribution is -2.64. The highest BCUT2D eigenvalue weighted by atomic mass is 15.2. The SMILES string of the molecule is CC(C)(C)c1ccc(N(c2ccc3c(c2)C(C)(C)c2cc(C(C)(C)C)cc4c2B3c2cc3c5cc(C(C)(C)C)ccc5n(-c5ccccc5)c3cc2N4c2ccccc2-c2ccccc2)c2ccc(C(C)(C)C)cc2-c2ccccc2)cc1. The van der Waals surface area contributed by atoms with E-state index in [1.165, 1.54) is 111 Å². The molecule has 0 unspecified atom stereocenters. The summed E-state index contributed by atoms with van der Waals surface area (Å²) in [5.41, 5.74) is 26.8. The fraction of sp³-hybridized carbons (Fsp3) is 0.241. The molecule has 0 saturated heterocycles. The third-order valence-corrected chi connectivity index (χ3v) is 18.3. The molecule has 0 amide bonds. The largest absolute Gasteiger partial charge is 0.311 e. The van der Waals surface area contributed by atoms with Crippen LogP contribution in [0.3, 0.4) is 0 Å². The van der Waals surface area contributed by atoms with Crippen molar-refractivity contribution in [2.24, 2.45) is 0 Å². The third-order valence-electron chi connectivity index (χ3n) is 18.3. The molecule has 0 radical (unpaired) electrons. The molecule has 0 spiro atoms. The summed E-state index contributed by atoms with van der Waals surface area (Å²) >= 11 is 0. The van der Waals surface area contributed by atoms with E-state index in [4.69, 9.17) is 0 Å². The average molecular weight is 1080 g/mol. The summed E-state index contributed by atoms with van der Waals surface area (Å²) in [6.07, 6.45) is 0. The van der Waals surface area contributed by atoms with Crippen molar-refractivity contribution < 1.29 is 0 Å². The van der Waals surface area contributed by atoms with Crippen LogP contribution in [0.1, 0.15) is 130 Å². The van der Waals surface area contributed by atoms with E-state index in [0.717, 1.165) is 22.7 Å². The zero-order valence-electron chi connectivity index (χ0n) is 51.2. The van der Waals surface area contributed by atoms with Crippen LogP contribution in [0.5, 0.6) is 0 Å². The predicted octanol–water partition coefficient (Wildman–Crippen LogP) is 19.7. The van der Waals surface area contributed by atoms with Gasteiger partial charge in [0.1, 0.15) is 0 Å². The summed E-state index contributed by atoms with van der Waals surface area (Å²) in [5, 5.41) is 2.54. The molecule has 3 nitrogen and oxygen atoms in total. The lowest BCUT2D eigenvalue weighted by atomic mass is 9.30. The molecular formula is C79H78BN3. The van der Waals surface area contributed by atoms with Crippen LogP contribution in [-0.4, -0.2) is 11.3 Å². The summed E-state index contributed by atoms with van der Waals surface area (Å²) < 4.78 is 2.51. The summed E-state index contributed by atoms with van der Waals surface area (Å²) in [4.78, 5) is 5.19. The molecule has 3 heterocycles. The van der Waals surface area contributed by atoms with Crippen LogP contribution in [-0.2, 0) is 27.1 Å². The van der Waals surface area contributed by atoms with Gasteiger partial charge in [0.2, 0.25) is 6.71 Å². The van der Waals surface area contributed by atoms with Gasteiger partial charge in [-0.25, -0.2) is 0 Å². The third kappa shape index (κ3) is 9.12. The summed E-state index contributed by atoms with van der Waals surface area (Å²) in [5.74, 6) is 0. The molecule has 11 aromatic rings. The van der Waals surface area contributed by atoms with Crippen LogP contribution in [0.15, 0.2) is 218 Å². The van der Waals surface area contributed by atoms with Crippen molar-refractivity contribution in [2.75, 3.05) is 9.80 Å². The maximum Gasteiger partial charge on any atom is 0.247 e. The molecular weight excluding hydrogens is 1000 g/mol. The maximum absolute atomic E-state index is 2.65. The van der Waals surface area contributed by atoms with Crippen LogP contribution >= 0.6 is 0 Å². The molecule has 412 valence electrons. The molecule has 10 aromatic carbocycles. The summed E-state index contributed by atoms with van der Waals surface area (Å²) in [6, 6.07) is 83.6. The standard InChI is InChI=1S/C79H78BN3/c1-75(2,3)53-34-38-58(39-35-53)81(69-42-36-54(76(4,5)6)44-61(69)52-28-20-16-21-29-52)59-40-41-66-64(48-59)79(13,14)65-46-56(78(10,11)12)47-73-74(65)80(66)67-49-63-62-45-55(77(7,8)9)37-43-70(62)82(57-30-22-17-23-31-57)71(63)50-72(67)83(73)68-33-25-24-32-60(68)51-26-18-15-19-27-51/h15-50H,1-14H3. The number of benzene rings is 10. The Balaban J connectivity index is 1.14. The van der Waals surface area contributed by atoms with Crippen molar-refractivity contribution in [3.05, 3.63) is 252 Å². The van der Waals surface area contributed by atoms with Crippen molar-refractivity contribution in [3.63, 3.8) is 0 Å². The van der Waals surface area contributed by atoms with Gasteiger partial charge in [-0.3, -0.25) is 0 Å². The summed E-state index contributed by atoms with van der Waals surface area (Å²) in [7, 11) is 0. The first-order valence-corrected chi connectivity index (χ1v) is 30.0. The minimum Gasteiger partial charge on any atom is -0.311 e.